The Hall–Kier alpha value is -1.71. The van der Waals surface area contributed by atoms with Crippen LogP contribution in [-0.2, 0) is 33.3 Å². The van der Waals surface area contributed by atoms with Gasteiger partial charge in [-0.15, -0.1) is 0 Å². The van der Waals surface area contributed by atoms with Crippen molar-refractivity contribution in [2.45, 2.75) is 277 Å². The van der Waals surface area contributed by atoms with Crippen molar-refractivity contribution in [1.29, 1.82) is 0 Å². The van der Waals surface area contributed by atoms with Crippen LogP contribution in [0.1, 0.15) is 264 Å². The van der Waals surface area contributed by atoms with Crippen LogP contribution in [0.25, 0.3) is 0 Å². The van der Waals surface area contributed by atoms with Crippen molar-refractivity contribution in [3.05, 3.63) is 0 Å². The fourth-order valence-electron chi connectivity index (χ4n) is 7.95. The molecule has 0 radical (unpaired) electrons. The molecule has 0 bridgehead atoms. The number of rotatable bonds is 50. The van der Waals surface area contributed by atoms with Crippen LogP contribution >= 0.6 is 0 Å². The van der Waals surface area contributed by atoms with E-state index in [4.69, 9.17) is 18.9 Å². The highest BCUT2D eigenvalue weighted by atomic mass is 16.7. The van der Waals surface area contributed by atoms with Crippen LogP contribution in [0, 0.1) is 0 Å². The molecule has 0 spiro atoms. The van der Waals surface area contributed by atoms with E-state index in [1.54, 1.807) is 0 Å². The lowest BCUT2D eigenvalue weighted by Crippen LogP contribution is -2.44. The van der Waals surface area contributed by atoms with Crippen LogP contribution in [0.3, 0.4) is 0 Å². The number of likely N-dealkylation sites (N-methyl/N-ethyl adjacent to an activating group) is 1. The number of carbonyl (C=O) groups excluding carboxylic acids is 3. The number of carboxylic acid groups (broad SMARTS) is 1. The van der Waals surface area contributed by atoms with Crippen molar-refractivity contribution in [2.24, 2.45) is 0 Å². The summed E-state index contributed by atoms with van der Waals surface area (Å²) in [6, 6.07) is 0. The molecule has 0 N–H and O–H groups in total. The van der Waals surface area contributed by atoms with Crippen molar-refractivity contribution in [3.63, 3.8) is 0 Å². The van der Waals surface area contributed by atoms with E-state index in [1.807, 2.05) is 21.1 Å². The monoisotopic (exact) mass is 882 g/mol. The zero-order valence-corrected chi connectivity index (χ0v) is 41.8. The molecule has 0 aromatic rings. The third-order valence-electron chi connectivity index (χ3n) is 12.1. The first kappa shape index (κ1) is 60.3. The summed E-state index contributed by atoms with van der Waals surface area (Å²) in [5.41, 5.74) is 0. The van der Waals surface area contributed by atoms with Gasteiger partial charge in [-0.2, -0.15) is 0 Å². The maximum absolute atomic E-state index is 12.8. The first-order valence-corrected chi connectivity index (χ1v) is 26.7. The van der Waals surface area contributed by atoms with Gasteiger partial charge in [0.05, 0.1) is 40.3 Å². The predicted molar refractivity (Wildman–Crippen MR) is 256 cm³/mol. The number of carboxylic acids is 1. The number of aliphatic carboxylic acids is 1. The van der Waals surface area contributed by atoms with Crippen LogP contribution in [-0.4, -0.2) is 82.3 Å². The average molecular weight is 882 g/mol. The second-order valence-corrected chi connectivity index (χ2v) is 19.5. The molecule has 0 amide bonds. The average Bonchev–Trinajstić information content (AvgIpc) is 3.23. The number of hydrogen-bond acceptors (Lipinski definition) is 8. The Balaban J connectivity index is 4.25. The zero-order chi connectivity index (χ0) is 45.6. The smallest absolute Gasteiger partial charge is 0.306 e. The molecular formula is C53H103NO8. The highest BCUT2D eigenvalue weighted by molar-refractivity contribution is 5.70. The van der Waals surface area contributed by atoms with Gasteiger partial charge in [0, 0.05) is 12.8 Å². The van der Waals surface area contributed by atoms with Gasteiger partial charge in [0.15, 0.2) is 12.4 Å². The number of unbranched alkanes of at least 4 members (excludes halogenated alkanes) is 35. The molecule has 0 rings (SSSR count). The topological polar surface area (TPSA) is 111 Å². The fourth-order valence-corrected chi connectivity index (χ4v) is 7.95. The highest BCUT2D eigenvalue weighted by Gasteiger charge is 2.22. The van der Waals surface area contributed by atoms with Crippen molar-refractivity contribution in [1.82, 2.24) is 0 Å². The molecule has 0 saturated heterocycles. The van der Waals surface area contributed by atoms with E-state index in [0.29, 0.717) is 17.4 Å². The van der Waals surface area contributed by atoms with Gasteiger partial charge in [0.1, 0.15) is 13.2 Å². The lowest BCUT2D eigenvalue weighted by Gasteiger charge is -2.26. The van der Waals surface area contributed by atoms with Crippen LogP contribution in [0.5, 0.6) is 0 Å². The van der Waals surface area contributed by atoms with Gasteiger partial charge in [0.2, 0.25) is 0 Å². The van der Waals surface area contributed by atoms with Crippen LogP contribution in [0.15, 0.2) is 0 Å². The van der Waals surface area contributed by atoms with E-state index in [9.17, 15) is 19.5 Å². The minimum Gasteiger partial charge on any atom is -0.545 e. The Kier molecular flexibility index (Phi) is 44.6. The van der Waals surface area contributed by atoms with Gasteiger partial charge in [-0.3, -0.25) is 9.59 Å². The molecule has 0 aliphatic carbocycles. The molecule has 62 heavy (non-hydrogen) atoms. The summed E-state index contributed by atoms with van der Waals surface area (Å²) in [5, 5.41) is 11.7. The summed E-state index contributed by atoms with van der Waals surface area (Å²) in [6.07, 6.45) is 45.6. The van der Waals surface area contributed by atoms with E-state index < -0.39 is 24.3 Å². The second kappa shape index (κ2) is 45.8. The zero-order valence-electron chi connectivity index (χ0n) is 41.8. The molecule has 9 heteroatoms. The summed E-state index contributed by atoms with van der Waals surface area (Å²) >= 11 is 0. The molecule has 0 aromatic carbocycles. The molecule has 0 aromatic heterocycles. The van der Waals surface area contributed by atoms with Gasteiger partial charge in [-0.05, 0) is 12.8 Å². The molecule has 0 aliphatic heterocycles. The molecule has 0 saturated carbocycles. The van der Waals surface area contributed by atoms with Gasteiger partial charge >= 0.3 is 11.9 Å². The predicted octanol–water partition coefficient (Wildman–Crippen LogP) is 13.5. The Morgan fingerprint density at radius 2 is 0.726 bits per heavy atom. The molecule has 0 aliphatic rings. The highest BCUT2D eigenvalue weighted by Crippen LogP contribution is 2.17. The molecular weight excluding hydrogens is 779 g/mol. The summed E-state index contributed by atoms with van der Waals surface area (Å²) in [5.74, 6) is -2.26. The maximum Gasteiger partial charge on any atom is 0.306 e. The van der Waals surface area contributed by atoms with Crippen LogP contribution in [0.4, 0.5) is 0 Å². The Bertz CT molecular complexity index is 985. The summed E-state index contributed by atoms with van der Waals surface area (Å²) < 4.78 is 22.7. The SMILES string of the molecule is CCCCCCCCCCCCCCCCCCCCCCCC(=O)OC(COC(=O)CCCCCCCCCCCCCCCCCC)COC(OCC[N+](C)(C)C)C(=O)[O-]. The summed E-state index contributed by atoms with van der Waals surface area (Å²) in [4.78, 5) is 37.2. The number of ether oxygens (including phenoxy) is 4. The molecule has 368 valence electrons. The molecule has 2 unspecified atom stereocenters. The summed E-state index contributed by atoms with van der Waals surface area (Å²) in [7, 11) is 5.93. The minimum absolute atomic E-state index is 0.153. The van der Waals surface area contributed by atoms with Crippen molar-refractivity contribution in [2.75, 3.05) is 47.5 Å². The number of esters is 2. The van der Waals surface area contributed by atoms with E-state index in [0.717, 1.165) is 38.5 Å². The van der Waals surface area contributed by atoms with Crippen molar-refractivity contribution < 1.29 is 42.9 Å². The van der Waals surface area contributed by atoms with Gasteiger partial charge in [-0.1, -0.05) is 239 Å². The van der Waals surface area contributed by atoms with E-state index in [-0.39, 0.29) is 32.2 Å². The molecule has 9 nitrogen and oxygen atoms in total. The van der Waals surface area contributed by atoms with E-state index in [1.165, 1.54) is 199 Å². The first-order chi connectivity index (χ1) is 30.1. The van der Waals surface area contributed by atoms with Crippen molar-refractivity contribution >= 4 is 17.9 Å². The summed E-state index contributed by atoms with van der Waals surface area (Å²) in [6.45, 7) is 4.80. The largest absolute Gasteiger partial charge is 0.545 e. The quantitative estimate of drug-likeness (QED) is 0.0257. The normalized spacial score (nSPS) is 12.7. The van der Waals surface area contributed by atoms with E-state index >= 15 is 0 Å². The number of quaternary nitrogens is 1. The molecule has 2 atom stereocenters. The van der Waals surface area contributed by atoms with Crippen molar-refractivity contribution in [3.8, 4) is 0 Å². The van der Waals surface area contributed by atoms with Crippen LogP contribution in [0.2, 0.25) is 0 Å². The number of carbonyl (C=O) groups is 3. The lowest BCUT2D eigenvalue weighted by molar-refractivity contribution is -0.870. The number of nitrogens with zero attached hydrogens (tertiary/aromatic N) is 1. The Labute approximate surface area is 383 Å². The minimum atomic E-state index is -1.61. The second-order valence-electron chi connectivity index (χ2n) is 19.5. The van der Waals surface area contributed by atoms with Gasteiger partial charge < -0.3 is 33.3 Å². The first-order valence-electron chi connectivity index (χ1n) is 26.7. The van der Waals surface area contributed by atoms with Gasteiger partial charge in [0.25, 0.3) is 0 Å². The third kappa shape index (κ3) is 46.3. The fraction of sp³-hybridized carbons (Fsp3) is 0.943. The molecule has 0 fully saturated rings. The standard InChI is InChI=1S/C53H103NO8/c1-6-8-10-12-14-16-18-20-22-24-25-26-27-28-30-32-34-36-38-40-42-44-51(56)62-49(48-61-53(52(57)58)59-46-45-54(3,4)5)47-60-50(55)43-41-39-37-35-33-31-29-23-21-19-17-15-13-11-9-7-2/h49,53H,6-48H2,1-5H3. The Morgan fingerprint density at radius 3 is 1.03 bits per heavy atom. The number of hydrogen-bond donors (Lipinski definition) is 0. The lowest BCUT2D eigenvalue weighted by atomic mass is 10.0. The molecule has 0 heterocycles. The maximum atomic E-state index is 12.8. The third-order valence-corrected chi connectivity index (χ3v) is 12.1. The van der Waals surface area contributed by atoms with Crippen LogP contribution < -0.4 is 5.11 Å². The van der Waals surface area contributed by atoms with Gasteiger partial charge in [-0.25, -0.2) is 0 Å². The Morgan fingerprint density at radius 1 is 0.419 bits per heavy atom. The van der Waals surface area contributed by atoms with E-state index in [2.05, 4.69) is 13.8 Å².